The molecule has 1 aliphatic heterocycles. The summed E-state index contributed by atoms with van der Waals surface area (Å²) < 4.78 is 16.2. The molecular formula is C16H10ClNO3. The van der Waals surface area contributed by atoms with E-state index in [1.165, 1.54) is 0 Å². The molecular weight excluding hydrogens is 290 g/mol. The Morgan fingerprint density at radius 3 is 2.86 bits per heavy atom. The van der Waals surface area contributed by atoms with Crippen molar-refractivity contribution in [2.75, 3.05) is 6.79 Å². The molecule has 3 aromatic rings. The molecule has 0 atom stereocenters. The lowest BCUT2D eigenvalue weighted by atomic mass is 10.2. The summed E-state index contributed by atoms with van der Waals surface area (Å²) in [5.74, 6) is 2.05. The molecule has 0 unspecified atom stereocenters. The Labute approximate surface area is 125 Å². The standard InChI is InChI=1S/C16H10ClNO3/c17-11-3-5-13-12(8-11)18-16(21-13)6-2-10-1-4-14-15(7-10)20-9-19-14/h1-8H,9H2/b6-2+. The van der Waals surface area contributed by atoms with Gasteiger partial charge in [-0.1, -0.05) is 17.7 Å². The zero-order valence-electron chi connectivity index (χ0n) is 10.9. The quantitative estimate of drug-likeness (QED) is 0.704. The van der Waals surface area contributed by atoms with Gasteiger partial charge in [-0.2, -0.15) is 0 Å². The number of ether oxygens (including phenoxy) is 2. The molecule has 0 N–H and O–H groups in total. The van der Waals surface area contributed by atoms with E-state index < -0.39 is 0 Å². The molecule has 2 aromatic carbocycles. The van der Waals surface area contributed by atoms with Crippen molar-refractivity contribution in [3.05, 3.63) is 52.9 Å². The Balaban J connectivity index is 1.64. The number of oxazole rings is 1. The Kier molecular flexibility index (Phi) is 2.82. The molecule has 21 heavy (non-hydrogen) atoms. The second-order valence-corrected chi connectivity index (χ2v) is 5.05. The Hall–Kier alpha value is -2.46. The van der Waals surface area contributed by atoms with Crippen molar-refractivity contribution < 1.29 is 13.9 Å². The van der Waals surface area contributed by atoms with Gasteiger partial charge in [-0.15, -0.1) is 0 Å². The number of halogens is 1. The zero-order chi connectivity index (χ0) is 14.2. The van der Waals surface area contributed by atoms with Gasteiger partial charge in [0.15, 0.2) is 17.1 Å². The highest BCUT2D eigenvalue weighted by Crippen LogP contribution is 2.33. The molecule has 104 valence electrons. The third-order valence-electron chi connectivity index (χ3n) is 3.18. The Morgan fingerprint density at radius 2 is 1.90 bits per heavy atom. The predicted octanol–water partition coefficient (Wildman–Crippen LogP) is 4.38. The van der Waals surface area contributed by atoms with Crippen molar-refractivity contribution >= 4 is 34.9 Å². The highest BCUT2D eigenvalue weighted by molar-refractivity contribution is 6.31. The van der Waals surface area contributed by atoms with Crippen LogP contribution in [-0.4, -0.2) is 11.8 Å². The second kappa shape index (κ2) is 4.82. The topological polar surface area (TPSA) is 44.5 Å². The smallest absolute Gasteiger partial charge is 0.231 e. The van der Waals surface area contributed by atoms with Crippen LogP contribution in [0.2, 0.25) is 5.02 Å². The third-order valence-corrected chi connectivity index (χ3v) is 3.42. The minimum Gasteiger partial charge on any atom is -0.454 e. The molecule has 1 aliphatic rings. The monoisotopic (exact) mass is 299 g/mol. The molecule has 5 heteroatoms. The van der Waals surface area contributed by atoms with Gasteiger partial charge in [0.1, 0.15) is 5.52 Å². The van der Waals surface area contributed by atoms with E-state index in [0.717, 1.165) is 22.6 Å². The first-order chi connectivity index (χ1) is 10.3. The van der Waals surface area contributed by atoms with Gasteiger partial charge in [0.05, 0.1) is 0 Å². The lowest BCUT2D eigenvalue weighted by Crippen LogP contribution is -1.92. The summed E-state index contributed by atoms with van der Waals surface area (Å²) in [6.07, 6.45) is 3.72. The van der Waals surface area contributed by atoms with Crippen molar-refractivity contribution in [3.63, 3.8) is 0 Å². The molecule has 0 radical (unpaired) electrons. The number of hydrogen-bond donors (Lipinski definition) is 0. The number of nitrogens with zero attached hydrogens (tertiary/aromatic N) is 1. The molecule has 1 aromatic heterocycles. The van der Waals surface area contributed by atoms with E-state index in [9.17, 15) is 0 Å². The van der Waals surface area contributed by atoms with Gasteiger partial charge in [-0.05, 0) is 42.0 Å². The minimum atomic E-state index is 0.272. The van der Waals surface area contributed by atoms with E-state index >= 15 is 0 Å². The van der Waals surface area contributed by atoms with Gasteiger partial charge in [0, 0.05) is 11.1 Å². The highest BCUT2D eigenvalue weighted by Gasteiger charge is 2.12. The second-order valence-electron chi connectivity index (χ2n) is 4.61. The Morgan fingerprint density at radius 1 is 1.00 bits per heavy atom. The molecule has 0 fully saturated rings. The normalized spacial score (nSPS) is 13.4. The van der Waals surface area contributed by atoms with E-state index in [1.54, 1.807) is 12.1 Å². The molecule has 0 spiro atoms. The summed E-state index contributed by atoms with van der Waals surface area (Å²) in [4.78, 5) is 4.37. The minimum absolute atomic E-state index is 0.272. The van der Waals surface area contributed by atoms with Crippen LogP contribution in [0.15, 0.2) is 40.8 Å². The zero-order valence-corrected chi connectivity index (χ0v) is 11.6. The molecule has 0 amide bonds. The molecule has 0 aliphatic carbocycles. The molecule has 0 saturated carbocycles. The summed E-state index contributed by atoms with van der Waals surface area (Å²) in [6.45, 7) is 0.272. The van der Waals surface area contributed by atoms with Gasteiger partial charge in [-0.25, -0.2) is 4.98 Å². The summed E-state index contributed by atoms with van der Waals surface area (Å²) in [5.41, 5.74) is 2.44. The van der Waals surface area contributed by atoms with Crippen molar-refractivity contribution in [1.82, 2.24) is 4.98 Å². The van der Waals surface area contributed by atoms with E-state index in [-0.39, 0.29) is 6.79 Å². The first-order valence-electron chi connectivity index (χ1n) is 6.42. The number of benzene rings is 2. The van der Waals surface area contributed by atoms with Gasteiger partial charge in [0.2, 0.25) is 12.7 Å². The molecule has 4 rings (SSSR count). The lowest BCUT2D eigenvalue weighted by Gasteiger charge is -1.96. The van der Waals surface area contributed by atoms with Crippen LogP contribution in [-0.2, 0) is 0 Å². The lowest BCUT2D eigenvalue weighted by molar-refractivity contribution is 0.174. The number of hydrogen-bond acceptors (Lipinski definition) is 4. The van der Waals surface area contributed by atoms with E-state index in [1.807, 2.05) is 36.4 Å². The fraction of sp³-hybridized carbons (Fsp3) is 0.0625. The van der Waals surface area contributed by atoms with Gasteiger partial charge in [-0.3, -0.25) is 0 Å². The first-order valence-corrected chi connectivity index (χ1v) is 6.79. The average molecular weight is 300 g/mol. The molecule has 4 nitrogen and oxygen atoms in total. The van der Waals surface area contributed by atoms with E-state index in [4.69, 9.17) is 25.5 Å². The van der Waals surface area contributed by atoms with Crippen molar-refractivity contribution in [2.45, 2.75) is 0 Å². The molecule has 0 saturated heterocycles. The maximum absolute atomic E-state index is 5.93. The Bertz CT molecular complexity index is 854. The fourth-order valence-electron chi connectivity index (χ4n) is 2.17. The van der Waals surface area contributed by atoms with Gasteiger partial charge in [0.25, 0.3) is 0 Å². The van der Waals surface area contributed by atoms with Crippen molar-refractivity contribution in [3.8, 4) is 11.5 Å². The van der Waals surface area contributed by atoms with Crippen LogP contribution in [0.3, 0.4) is 0 Å². The SMILES string of the molecule is Clc1ccc2oc(/C=C/c3ccc4c(c3)OCO4)nc2c1. The fourth-order valence-corrected chi connectivity index (χ4v) is 2.34. The van der Waals surface area contributed by atoms with E-state index in [2.05, 4.69) is 4.98 Å². The third kappa shape index (κ3) is 2.34. The van der Waals surface area contributed by atoms with Crippen LogP contribution in [0.5, 0.6) is 11.5 Å². The number of fused-ring (bicyclic) bond motifs is 2. The predicted molar refractivity (Wildman–Crippen MR) is 80.5 cm³/mol. The van der Waals surface area contributed by atoms with Crippen molar-refractivity contribution in [2.24, 2.45) is 0 Å². The summed E-state index contributed by atoms with van der Waals surface area (Å²) in [7, 11) is 0. The van der Waals surface area contributed by atoms with Crippen molar-refractivity contribution in [1.29, 1.82) is 0 Å². The number of rotatable bonds is 2. The van der Waals surface area contributed by atoms with Crippen LogP contribution in [0, 0.1) is 0 Å². The van der Waals surface area contributed by atoms with Gasteiger partial charge >= 0.3 is 0 Å². The van der Waals surface area contributed by atoms with Crippen LogP contribution >= 0.6 is 11.6 Å². The maximum atomic E-state index is 5.93. The van der Waals surface area contributed by atoms with E-state index in [0.29, 0.717) is 16.5 Å². The summed E-state index contributed by atoms with van der Waals surface area (Å²) in [6, 6.07) is 11.1. The molecule has 0 bridgehead atoms. The van der Waals surface area contributed by atoms with Gasteiger partial charge < -0.3 is 13.9 Å². The van der Waals surface area contributed by atoms with Crippen LogP contribution in [0.1, 0.15) is 11.5 Å². The average Bonchev–Trinajstić information content (AvgIpc) is 3.09. The van der Waals surface area contributed by atoms with Crippen LogP contribution in [0.4, 0.5) is 0 Å². The largest absolute Gasteiger partial charge is 0.454 e. The summed E-state index contributed by atoms with van der Waals surface area (Å²) >= 11 is 5.93. The first kappa shape index (κ1) is 12.3. The highest BCUT2D eigenvalue weighted by atomic mass is 35.5. The van der Waals surface area contributed by atoms with Crippen LogP contribution < -0.4 is 9.47 Å². The number of aromatic nitrogens is 1. The maximum Gasteiger partial charge on any atom is 0.231 e. The molecule has 2 heterocycles. The summed E-state index contributed by atoms with van der Waals surface area (Å²) in [5, 5.41) is 0.641. The van der Waals surface area contributed by atoms with Crippen LogP contribution in [0.25, 0.3) is 23.3 Å².